The maximum atomic E-state index is 6.30. The highest BCUT2D eigenvalue weighted by molar-refractivity contribution is 6.36. The molecule has 4 rings (SSSR count). The number of benzene rings is 2. The normalized spacial score (nSPS) is 10.8. The Hall–Kier alpha value is -3.09. The van der Waals surface area contributed by atoms with Gasteiger partial charge in [-0.25, -0.2) is 15.0 Å². The van der Waals surface area contributed by atoms with Crippen molar-refractivity contribution in [2.75, 3.05) is 12.4 Å². The van der Waals surface area contributed by atoms with Gasteiger partial charge in [-0.15, -0.1) is 0 Å². The lowest BCUT2D eigenvalue weighted by molar-refractivity contribution is 0.416. The van der Waals surface area contributed by atoms with Gasteiger partial charge in [0.05, 0.1) is 29.1 Å². The number of H-pyrrole nitrogens is 1. The van der Waals surface area contributed by atoms with E-state index in [0.717, 1.165) is 28.3 Å². The van der Waals surface area contributed by atoms with Crippen LogP contribution in [0.15, 0.2) is 54.9 Å². The summed E-state index contributed by atoms with van der Waals surface area (Å²) in [5.41, 5.74) is 4.04. The van der Waals surface area contributed by atoms with Gasteiger partial charge in [-0.1, -0.05) is 23.2 Å². The Morgan fingerprint density at radius 1 is 1.00 bits per heavy atom. The van der Waals surface area contributed by atoms with Crippen molar-refractivity contribution in [2.24, 2.45) is 0 Å². The number of hydrogen-bond acceptors (Lipinski definition) is 5. The number of nitrogens with zero attached hydrogens (tertiary/aromatic N) is 3. The van der Waals surface area contributed by atoms with Crippen LogP contribution in [0, 0.1) is 6.92 Å². The predicted octanol–water partition coefficient (Wildman–Crippen LogP) is 5.90. The lowest BCUT2D eigenvalue weighted by Crippen LogP contribution is -1.99. The zero-order chi connectivity index (χ0) is 20.4. The van der Waals surface area contributed by atoms with Crippen LogP contribution >= 0.6 is 23.2 Å². The molecule has 0 spiro atoms. The summed E-state index contributed by atoms with van der Waals surface area (Å²) in [6.45, 7) is 1.93. The number of halogens is 2. The average Bonchev–Trinajstić information content (AvgIpc) is 3.14. The van der Waals surface area contributed by atoms with E-state index < -0.39 is 0 Å². The number of hydrogen-bond donors (Lipinski definition) is 2. The standard InChI is InChI=1S/C21H17Cl2N5O/c1-12-11-25-20(26-12)16-6-4-14(10-19(16)29-2)27-21-24-8-7-18(28-21)15-5-3-13(22)9-17(15)23/h3-11H,1-2H3,(H,25,26)(H,24,27,28). The predicted molar refractivity (Wildman–Crippen MR) is 116 cm³/mol. The van der Waals surface area contributed by atoms with Crippen LogP contribution < -0.4 is 10.1 Å². The van der Waals surface area contributed by atoms with Crippen molar-refractivity contribution >= 4 is 34.8 Å². The molecule has 0 amide bonds. The number of methoxy groups -OCH3 is 1. The van der Waals surface area contributed by atoms with Crippen molar-refractivity contribution in [1.82, 2.24) is 19.9 Å². The molecule has 0 atom stereocenters. The monoisotopic (exact) mass is 425 g/mol. The molecular weight excluding hydrogens is 409 g/mol. The molecular formula is C21H17Cl2N5O. The van der Waals surface area contributed by atoms with E-state index in [-0.39, 0.29) is 0 Å². The molecule has 0 unspecified atom stereocenters. The molecule has 2 aromatic carbocycles. The number of nitrogens with one attached hydrogen (secondary N) is 2. The van der Waals surface area contributed by atoms with Crippen molar-refractivity contribution in [2.45, 2.75) is 6.92 Å². The van der Waals surface area contributed by atoms with Crippen LogP contribution in [-0.2, 0) is 0 Å². The van der Waals surface area contributed by atoms with Gasteiger partial charge in [-0.3, -0.25) is 0 Å². The third-order valence-corrected chi connectivity index (χ3v) is 4.83. The Bertz CT molecular complexity index is 1180. The molecule has 0 aliphatic rings. The summed E-state index contributed by atoms with van der Waals surface area (Å²) in [5, 5.41) is 4.31. The minimum absolute atomic E-state index is 0.442. The molecule has 0 fully saturated rings. The minimum Gasteiger partial charge on any atom is -0.496 e. The fraction of sp³-hybridized carbons (Fsp3) is 0.0952. The molecule has 0 aliphatic carbocycles. The molecule has 0 bridgehead atoms. The van der Waals surface area contributed by atoms with Crippen molar-refractivity contribution in [3.8, 4) is 28.4 Å². The Morgan fingerprint density at radius 2 is 1.83 bits per heavy atom. The highest BCUT2D eigenvalue weighted by atomic mass is 35.5. The number of aromatic nitrogens is 4. The molecule has 29 heavy (non-hydrogen) atoms. The highest BCUT2D eigenvalue weighted by Gasteiger charge is 2.12. The number of aryl methyl sites for hydroxylation is 1. The summed E-state index contributed by atoms with van der Waals surface area (Å²) in [6.07, 6.45) is 3.52. The number of ether oxygens (including phenoxy) is 1. The van der Waals surface area contributed by atoms with Gasteiger partial charge in [-0.2, -0.15) is 0 Å². The second-order valence-electron chi connectivity index (χ2n) is 6.32. The van der Waals surface area contributed by atoms with E-state index in [1.807, 2.05) is 37.4 Å². The van der Waals surface area contributed by atoms with Crippen LogP contribution in [0.1, 0.15) is 5.69 Å². The van der Waals surface area contributed by atoms with E-state index in [1.54, 1.807) is 31.5 Å². The molecule has 146 valence electrons. The quantitative estimate of drug-likeness (QED) is 0.416. The van der Waals surface area contributed by atoms with E-state index in [4.69, 9.17) is 27.9 Å². The van der Waals surface area contributed by atoms with Gasteiger partial charge in [0.15, 0.2) is 0 Å². The summed E-state index contributed by atoms with van der Waals surface area (Å²) in [6, 6.07) is 12.8. The molecule has 0 saturated carbocycles. The Labute approximate surface area is 177 Å². The van der Waals surface area contributed by atoms with Crippen LogP contribution in [0.25, 0.3) is 22.6 Å². The lowest BCUT2D eigenvalue weighted by atomic mass is 10.1. The fourth-order valence-corrected chi connectivity index (χ4v) is 3.42. The third-order valence-electron chi connectivity index (χ3n) is 4.28. The Kier molecular flexibility index (Phi) is 5.38. The van der Waals surface area contributed by atoms with E-state index >= 15 is 0 Å². The van der Waals surface area contributed by atoms with E-state index in [2.05, 4.69) is 25.3 Å². The van der Waals surface area contributed by atoms with Gasteiger partial charge in [0.25, 0.3) is 0 Å². The van der Waals surface area contributed by atoms with E-state index in [9.17, 15) is 0 Å². The van der Waals surface area contributed by atoms with Gasteiger partial charge >= 0.3 is 0 Å². The zero-order valence-electron chi connectivity index (χ0n) is 15.7. The largest absolute Gasteiger partial charge is 0.496 e. The first-order valence-corrected chi connectivity index (χ1v) is 9.55. The van der Waals surface area contributed by atoms with Gasteiger partial charge in [0.2, 0.25) is 5.95 Å². The maximum absolute atomic E-state index is 6.30. The third kappa shape index (κ3) is 4.18. The first kappa shape index (κ1) is 19.2. The van der Waals surface area contributed by atoms with Crippen LogP contribution in [0.5, 0.6) is 5.75 Å². The fourth-order valence-electron chi connectivity index (χ4n) is 2.91. The van der Waals surface area contributed by atoms with Gasteiger partial charge < -0.3 is 15.0 Å². The van der Waals surface area contributed by atoms with Crippen molar-refractivity contribution in [3.05, 3.63) is 70.6 Å². The van der Waals surface area contributed by atoms with Gasteiger partial charge in [-0.05, 0) is 43.3 Å². The summed E-state index contributed by atoms with van der Waals surface area (Å²) in [7, 11) is 1.62. The SMILES string of the molecule is COc1cc(Nc2nccc(-c3ccc(Cl)cc3Cl)n2)ccc1-c1nc(C)c[nH]1. The molecule has 6 nitrogen and oxygen atoms in total. The summed E-state index contributed by atoms with van der Waals surface area (Å²) >= 11 is 12.3. The first-order chi connectivity index (χ1) is 14.0. The number of anilines is 2. The van der Waals surface area contributed by atoms with Crippen LogP contribution in [0.4, 0.5) is 11.6 Å². The maximum Gasteiger partial charge on any atom is 0.227 e. The summed E-state index contributed by atoms with van der Waals surface area (Å²) in [4.78, 5) is 16.5. The molecule has 2 heterocycles. The number of aromatic amines is 1. The van der Waals surface area contributed by atoms with Crippen molar-refractivity contribution < 1.29 is 4.74 Å². The topological polar surface area (TPSA) is 75.7 Å². The zero-order valence-corrected chi connectivity index (χ0v) is 17.2. The molecule has 0 aliphatic heterocycles. The van der Waals surface area contributed by atoms with Crippen LogP contribution in [0.3, 0.4) is 0 Å². The van der Waals surface area contributed by atoms with Crippen molar-refractivity contribution in [3.63, 3.8) is 0 Å². The molecule has 2 N–H and O–H groups in total. The number of rotatable bonds is 5. The lowest BCUT2D eigenvalue weighted by Gasteiger charge is -2.11. The Balaban J connectivity index is 1.63. The van der Waals surface area contributed by atoms with E-state index in [0.29, 0.717) is 27.4 Å². The van der Waals surface area contributed by atoms with Crippen LogP contribution in [0.2, 0.25) is 10.0 Å². The molecule has 4 aromatic rings. The van der Waals surface area contributed by atoms with Crippen LogP contribution in [-0.4, -0.2) is 27.0 Å². The van der Waals surface area contributed by atoms with Gasteiger partial charge in [0.1, 0.15) is 11.6 Å². The first-order valence-electron chi connectivity index (χ1n) is 8.79. The smallest absolute Gasteiger partial charge is 0.227 e. The highest BCUT2D eigenvalue weighted by Crippen LogP contribution is 2.32. The van der Waals surface area contributed by atoms with Crippen molar-refractivity contribution in [1.29, 1.82) is 0 Å². The summed E-state index contributed by atoms with van der Waals surface area (Å²) < 4.78 is 5.54. The van der Waals surface area contributed by atoms with Gasteiger partial charge in [0, 0.05) is 34.7 Å². The molecule has 2 aromatic heterocycles. The molecule has 0 saturated heterocycles. The second kappa shape index (κ2) is 8.11. The second-order valence-corrected chi connectivity index (χ2v) is 7.16. The summed E-state index contributed by atoms with van der Waals surface area (Å²) in [5.74, 6) is 1.87. The average molecular weight is 426 g/mol. The number of imidazole rings is 1. The molecule has 0 radical (unpaired) electrons. The Morgan fingerprint density at radius 3 is 2.55 bits per heavy atom. The minimum atomic E-state index is 0.442. The van der Waals surface area contributed by atoms with E-state index in [1.165, 1.54) is 0 Å². The molecule has 8 heteroatoms.